The molecule has 8 nitrogen and oxygen atoms in total. The third kappa shape index (κ3) is 4.33. The van der Waals surface area contributed by atoms with E-state index >= 15 is 0 Å². The summed E-state index contributed by atoms with van der Waals surface area (Å²) < 4.78 is 10.4. The summed E-state index contributed by atoms with van der Waals surface area (Å²) in [6.45, 7) is 1.92. The maximum absolute atomic E-state index is 12.1. The maximum Gasteiger partial charge on any atom is 0.315 e. The summed E-state index contributed by atoms with van der Waals surface area (Å²) in [4.78, 5) is 22.7. The van der Waals surface area contributed by atoms with Crippen LogP contribution in [0.3, 0.4) is 0 Å². The molecule has 0 bridgehead atoms. The highest BCUT2D eigenvalue weighted by atomic mass is 16.5. The normalized spacial score (nSPS) is 16.2. The van der Waals surface area contributed by atoms with Crippen molar-refractivity contribution in [3.8, 4) is 11.6 Å². The molecule has 1 saturated heterocycles. The minimum Gasteiger partial charge on any atom is -0.497 e. The summed E-state index contributed by atoms with van der Waals surface area (Å²) in [5.74, 6) is 2.00. The molecule has 0 spiro atoms. The van der Waals surface area contributed by atoms with E-state index in [4.69, 9.17) is 9.47 Å². The van der Waals surface area contributed by atoms with Gasteiger partial charge in [0.05, 0.1) is 14.2 Å². The third-order valence-corrected chi connectivity index (χ3v) is 4.28. The van der Waals surface area contributed by atoms with E-state index in [1.807, 2.05) is 24.3 Å². The van der Waals surface area contributed by atoms with Gasteiger partial charge in [0.1, 0.15) is 5.75 Å². The lowest BCUT2D eigenvalue weighted by Crippen LogP contribution is -2.43. The Labute approximate surface area is 152 Å². The van der Waals surface area contributed by atoms with Gasteiger partial charge < -0.3 is 25.0 Å². The number of urea groups is 1. The largest absolute Gasteiger partial charge is 0.497 e. The molecule has 138 valence electrons. The van der Waals surface area contributed by atoms with Crippen LogP contribution in [0.25, 0.3) is 0 Å². The number of nitrogens with one attached hydrogen (secondary N) is 2. The second-order valence-corrected chi connectivity index (χ2v) is 6.00. The Morgan fingerprint density at radius 3 is 2.69 bits per heavy atom. The molecule has 0 unspecified atom stereocenters. The van der Waals surface area contributed by atoms with Gasteiger partial charge in [-0.15, -0.1) is 0 Å². The standard InChI is InChI=1S/C18H23N5O3/c1-25-15-5-3-13(4-6-15)11-21-18(24)22-14-7-10-23(12-14)16-17(26-2)20-9-8-19-16/h3-6,8-9,14H,7,10-12H2,1-2H3,(H2,21,22,24)/t14-/m0/s1. The van der Waals surface area contributed by atoms with Crippen molar-refractivity contribution in [2.24, 2.45) is 0 Å². The Balaban J connectivity index is 1.48. The maximum atomic E-state index is 12.1. The van der Waals surface area contributed by atoms with Crippen molar-refractivity contribution >= 4 is 11.8 Å². The first-order chi connectivity index (χ1) is 12.7. The van der Waals surface area contributed by atoms with Gasteiger partial charge in [-0.3, -0.25) is 0 Å². The predicted molar refractivity (Wildman–Crippen MR) is 97.6 cm³/mol. The summed E-state index contributed by atoms with van der Waals surface area (Å²) in [5.41, 5.74) is 1.01. The smallest absolute Gasteiger partial charge is 0.315 e. The molecule has 0 aliphatic carbocycles. The average molecular weight is 357 g/mol. The van der Waals surface area contributed by atoms with Crippen molar-refractivity contribution in [2.45, 2.75) is 19.0 Å². The van der Waals surface area contributed by atoms with Crippen molar-refractivity contribution in [1.82, 2.24) is 20.6 Å². The predicted octanol–water partition coefficient (Wildman–Crippen LogP) is 1.57. The van der Waals surface area contributed by atoms with Crippen LogP contribution >= 0.6 is 0 Å². The number of hydrogen-bond donors (Lipinski definition) is 2. The van der Waals surface area contributed by atoms with E-state index in [1.54, 1.807) is 26.6 Å². The van der Waals surface area contributed by atoms with Gasteiger partial charge in [0.2, 0.25) is 0 Å². The molecule has 8 heteroatoms. The minimum absolute atomic E-state index is 0.0533. The van der Waals surface area contributed by atoms with Crippen LogP contribution in [0, 0.1) is 0 Å². The van der Waals surface area contributed by atoms with Gasteiger partial charge in [-0.2, -0.15) is 0 Å². The number of nitrogens with zero attached hydrogens (tertiary/aromatic N) is 3. The molecule has 26 heavy (non-hydrogen) atoms. The number of rotatable bonds is 6. The molecular formula is C18H23N5O3. The summed E-state index contributed by atoms with van der Waals surface area (Å²) in [5, 5.41) is 5.88. The van der Waals surface area contributed by atoms with E-state index in [2.05, 4.69) is 25.5 Å². The zero-order chi connectivity index (χ0) is 18.4. The minimum atomic E-state index is -0.182. The van der Waals surface area contributed by atoms with Crippen LogP contribution in [-0.4, -0.2) is 49.4 Å². The molecule has 0 radical (unpaired) electrons. The van der Waals surface area contributed by atoms with Crippen molar-refractivity contribution < 1.29 is 14.3 Å². The Morgan fingerprint density at radius 1 is 1.19 bits per heavy atom. The summed E-state index contributed by atoms with van der Waals surface area (Å²) in [6, 6.07) is 7.47. The van der Waals surface area contributed by atoms with E-state index in [0.717, 1.165) is 24.3 Å². The molecule has 3 rings (SSSR count). The van der Waals surface area contributed by atoms with Gasteiger partial charge >= 0.3 is 6.03 Å². The fourth-order valence-corrected chi connectivity index (χ4v) is 2.91. The first-order valence-corrected chi connectivity index (χ1v) is 8.47. The summed E-state index contributed by atoms with van der Waals surface area (Å²) in [7, 11) is 3.20. The molecule has 1 fully saturated rings. The van der Waals surface area contributed by atoms with E-state index in [0.29, 0.717) is 24.8 Å². The Morgan fingerprint density at radius 2 is 1.96 bits per heavy atom. The van der Waals surface area contributed by atoms with E-state index in [-0.39, 0.29) is 12.1 Å². The fraction of sp³-hybridized carbons (Fsp3) is 0.389. The van der Waals surface area contributed by atoms with Gasteiger partial charge in [0.15, 0.2) is 5.82 Å². The van der Waals surface area contributed by atoms with Crippen molar-refractivity contribution in [2.75, 3.05) is 32.2 Å². The quantitative estimate of drug-likeness (QED) is 0.816. The number of carbonyl (C=O) groups is 1. The molecule has 2 amide bonds. The van der Waals surface area contributed by atoms with Crippen LogP contribution in [-0.2, 0) is 6.54 Å². The lowest BCUT2D eigenvalue weighted by atomic mass is 10.2. The number of methoxy groups -OCH3 is 2. The number of amides is 2. The molecule has 1 aromatic carbocycles. The second kappa shape index (κ2) is 8.37. The summed E-state index contributed by atoms with van der Waals surface area (Å²) in [6.07, 6.45) is 4.08. The van der Waals surface area contributed by atoms with Crippen LogP contribution in [0.5, 0.6) is 11.6 Å². The van der Waals surface area contributed by atoms with Gasteiger partial charge in [-0.25, -0.2) is 14.8 Å². The van der Waals surface area contributed by atoms with Crippen molar-refractivity contribution in [3.05, 3.63) is 42.2 Å². The number of aromatic nitrogens is 2. The molecule has 2 aromatic rings. The zero-order valence-corrected chi connectivity index (χ0v) is 14.9. The molecule has 1 atom stereocenters. The Kier molecular flexibility index (Phi) is 5.73. The molecule has 1 aliphatic rings. The van der Waals surface area contributed by atoms with Crippen LogP contribution in [0.1, 0.15) is 12.0 Å². The number of hydrogen-bond acceptors (Lipinski definition) is 6. The van der Waals surface area contributed by atoms with Crippen LogP contribution in [0.4, 0.5) is 10.6 Å². The average Bonchev–Trinajstić information content (AvgIpc) is 3.15. The molecule has 2 heterocycles. The Bertz CT molecular complexity index is 738. The first kappa shape index (κ1) is 17.8. The number of anilines is 1. The summed E-state index contributed by atoms with van der Waals surface area (Å²) >= 11 is 0. The van der Waals surface area contributed by atoms with Gasteiger partial charge in [-0.1, -0.05) is 12.1 Å². The van der Waals surface area contributed by atoms with Crippen LogP contribution in [0.2, 0.25) is 0 Å². The lowest BCUT2D eigenvalue weighted by Gasteiger charge is -2.19. The van der Waals surface area contributed by atoms with Gasteiger partial charge in [0.25, 0.3) is 5.88 Å². The Hall–Kier alpha value is -3.03. The van der Waals surface area contributed by atoms with Crippen LogP contribution in [0.15, 0.2) is 36.7 Å². The number of benzene rings is 1. The molecule has 2 N–H and O–H groups in total. The van der Waals surface area contributed by atoms with Crippen molar-refractivity contribution in [1.29, 1.82) is 0 Å². The van der Waals surface area contributed by atoms with E-state index < -0.39 is 0 Å². The zero-order valence-electron chi connectivity index (χ0n) is 14.9. The van der Waals surface area contributed by atoms with Gasteiger partial charge in [0, 0.05) is 38.1 Å². The highest BCUT2D eigenvalue weighted by molar-refractivity contribution is 5.74. The highest BCUT2D eigenvalue weighted by Crippen LogP contribution is 2.25. The van der Waals surface area contributed by atoms with Crippen LogP contribution < -0.4 is 25.0 Å². The number of carbonyl (C=O) groups excluding carboxylic acids is 1. The molecular weight excluding hydrogens is 334 g/mol. The van der Waals surface area contributed by atoms with Crippen molar-refractivity contribution in [3.63, 3.8) is 0 Å². The second-order valence-electron chi connectivity index (χ2n) is 6.00. The molecule has 1 aliphatic heterocycles. The lowest BCUT2D eigenvalue weighted by molar-refractivity contribution is 0.237. The van der Waals surface area contributed by atoms with E-state index in [9.17, 15) is 4.79 Å². The topological polar surface area (TPSA) is 88.6 Å². The van der Waals surface area contributed by atoms with E-state index in [1.165, 1.54) is 0 Å². The fourth-order valence-electron chi connectivity index (χ4n) is 2.91. The number of ether oxygens (including phenoxy) is 2. The third-order valence-electron chi connectivity index (χ3n) is 4.28. The molecule has 1 aromatic heterocycles. The first-order valence-electron chi connectivity index (χ1n) is 8.47. The molecule has 0 saturated carbocycles. The highest BCUT2D eigenvalue weighted by Gasteiger charge is 2.27. The monoisotopic (exact) mass is 357 g/mol. The SMILES string of the molecule is COc1ccc(CNC(=O)N[C@H]2CCN(c3nccnc3OC)C2)cc1. The van der Waals surface area contributed by atoms with Gasteiger partial charge in [-0.05, 0) is 24.1 Å².